The molecule has 0 atom stereocenters. The van der Waals surface area contributed by atoms with Gasteiger partial charge in [-0.2, -0.15) is 0 Å². The number of hydrogen-bond acceptors (Lipinski definition) is 0. The Morgan fingerprint density at radius 3 is 0.750 bits per heavy atom. The lowest BCUT2D eigenvalue weighted by molar-refractivity contribution is 0.793. The highest BCUT2D eigenvalue weighted by atomic mass is 13.9. The van der Waals surface area contributed by atoms with Crippen molar-refractivity contribution in [3.8, 4) is 0 Å². The monoisotopic (exact) mass is 280 g/mol. The molecule has 0 saturated heterocycles. The second-order valence-corrected chi connectivity index (χ2v) is 5.51. The van der Waals surface area contributed by atoms with Gasteiger partial charge < -0.3 is 0 Å². The topological polar surface area (TPSA) is 0 Å². The lowest BCUT2D eigenvalue weighted by Gasteiger charge is -1.89. The van der Waals surface area contributed by atoms with E-state index < -0.39 is 0 Å². The maximum absolute atomic E-state index is 2.32. The van der Waals surface area contributed by atoms with E-state index in [9.17, 15) is 0 Å². The van der Waals surface area contributed by atoms with Gasteiger partial charge in [-0.05, 0) is 25.7 Å². The van der Waals surface area contributed by atoms with Crippen molar-refractivity contribution < 1.29 is 0 Å². The molecular weight excluding hydrogens is 240 g/mol. The summed E-state index contributed by atoms with van der Waals surface area (Å²) in [5, 5.41) is 0. The van der Waals surface area contributed by atoms with Crippen molar-refractivity contribution >= 4 is 0 Å². The molecule has 0 bridgehead atoms. The first-order valence-electron chi connectivity index (χ1n) is 9.13. The van der Waals surface area contributed by atoms with Crippen LogP contribution in [0.15, 0.2) is 24.3 Å². The van der Waals surface area contributed by atoms with E-state index in [1.165, 1.54) is 77.0 Å². The fourth-order valence-corrected chi connectivity index (χ4v) is 1.76. The first kappa shape index (κ1) is 21.8. The quantitative estimate of drug-likeness (QED) is 0.252. The number of hydrogen-bond donors (Lipinski definition) is 0. The van der Waals surface area contributed by atoms with Gasteiger partial charge in [0.15, 0.2) is 0 Å². The molecule has 0 heterocycles. The maximum Gasteiger partial charge on any atom is -0.0351 e. The first-order valence-corrected chi connectivity index (χ1v) is 9.13. The summed E-state index contributed by atoms with van der Waals surface area (Å²) in [4.78, 5) is 0. The minimum atomic E-state index is 1.28. The Balaban J connectivity index is 0. The van der Waals surface area contributed by atoms with E-state index in [1.807, 2.05) is 0 Å². The van der Waals surface area contributed by atoms with Crippen LogP contribution in [0.1, 0.15) is 105 Å². The third-order valence-corrected chi connectivity index (χ3v) is 3.23. The fourth-order valence-electron chi connectivity index (χ4n) is 1.76. The molecule has 120 valence electrons. The van der Waals surface area contributed by atoms with E-state index >= 15 is 0 Å². The van der Waals surface area contributed by atoms with Crippen LogP contribution >= 0.6 is 0 Å². The molecule has 0 aliphatic carbocycles. The summed E-state index contributed by atoms with van der Waals surface area (Å²) in [6.07, 6.45) is 25.1. The largest absolute Gasteiger partial charge is 0.0885 e. The van der Waals surface area contributed by atoms with E-state index in [0.717, 1.165) is 0 Å². The van der Waals surface area contributed by atoms with Gasteiger partial charge in [-0.25, -0.2) is 0 Å². The summed E-state index contributed by atoms with van der Waals surface area (Å²) >= 11 is 0. The Labute approximate surface area is 129 Å². The lowest BCUT2D eigenvalue weighted by atomic mass is 10.2. The first-order chi connectivity index (χ1) is 9.83. The highest BCUT2D eigenvalue weighted by Gasteiger charge is 1.79. The van der Waals surface area contributed by atoms with Crippen LogP contribution in [0, 0.1) is 0 Å². The Bertz CT molecular complexity index is 146. The molecule has 0 nitrogen and oxygen atoms in total. The van der Waals surface area contributed by atoms with Gasteiger partial charge in [-0.3, -0.25) is 0 Å². The van der Waals surface area contributed by atoms with Crippen molar-refractivity contribution in [1.29, 1.82) is 0 Å². The molecular formula is C20H40. The van der Waals surface area contributed by atoms with Gasteiger partial charge in [-0.15, -0.1) is 0 Å². The molecule has 0 fully saturated rings. The summed E-state index contributed by atoms with van der Waals surface area (Å²) in [7, 11) is 0. The van der Waals surface area contributed by atoms with Crippen LogP contribution in [0.3, 0.4) is 0 Å². The van der Waals surface area contributed by atoms with Gasteiger partial charge in [0.1, 0.15) is 0 Å². The molecule has 0 aromatic carbocycles. The standard InChI is InChI=1S/2C10H20/c2*1-3-5-7-9-10-8-6-4-2/h2*9-10H,3-8H2,1-2H3. The smallest absolute Gasteiger partial charge is 0.0351 e. The summed E-state index contributed by atoms with van der Waals surface area (Å²) in [6, 6.07) is 0. The third kappa shape index (κ3) is 26.1. The van der Waals surface area contributed by atoms with Crippen LogP contribution in [0.25, 0.3) is 0 Å². The fraction of sp³-hybridized carbons (Fsp3) is 0.800. The van der Waals surface area contributed by atoms with Crippen molar-refractivity contribution in [2.24, 2.45) is 0 Å². The van der Waals surface area contributed by atoms with Crippen LogP contribution in [0.4, 0.5) is 0 Å². The molecule has 0 aromatic heterocycles. The van der Waals surface area contributed by atoms with Crippen molar-refractivity contribution in [1.82, 2.24) is 0 Å². The summed E-state index contributed by atoms with van der Waals surface area (Å²) in [5.41, 5.74) is 0. The summed E-state index contributed by atoms with van der Waals surface area (Å²) in [5.74, 6) is 0. The minimum Gasteiger partial charge on any atom is -0.0885 e. The van der Waals surface area contributed by atoms with Gasteiger partial charge in [-0.1, -0.05) is 103 Å². The van der Waals surface area contributed by atoms with E-state index in [1.54, 1.807) is 0 Å². The second kappa shape index (κ2) is 23.6. The molecule has 0 aliphatic rings. The van der Waals surface area contributed by atoms with Crippen LogP contribution in [0.5, 0.6) is 0 Å². The van der Waals surface area contributed by atoms with Crippen LogP contribution in [0.2, 0.25) is 0 Å². The molecule has 0 amide bonds. The summed E-state index contributed by atoms with van der Waals surface area (Å²) in [6.45, 7) is 8.94. The van der Waals surface area contributed by atoms with Crippen molar-refractivity contribution in [2.75, 3.05) is 0 Å². The predicted octanol–water partition coefficient (Wildman–Crippen LogP) is 7.85. The van der Waals surface area contributed by atoms with Gasteiger partial charge in [0.25, 0.3) is 0 Å². The highest BCUT2D eigenvalue weighted by Crippen LogP contribution is 2.00. The number of rotatable bonds is 12. The van der Waals surface area contributed by atoms with Gasteiger partial charge in [0.2, 0.25) is 0 Å². The lowest BCUT2D eigenvalue weighted by Crippen LogP contribution is -1.69. The molecule has 0 heteroatoms. The van der Waals surface area contributed by atoms with Gasteiger partial charge in [0, 0.05) is 0 Å². The molecule has 0 aromatic rings. The minimum absolute atomic E-state index is 1.28. The maximum atomic E-state index is 2.32. The third-order valence-electron chi connectivity index (χ3n) is 3.23. The Hall–Kier alpha value is -0.520. The van der Waals surface area contributed by atoms with E-state index in [4.69, 9.17) is 0 Å². The number of allylic oxidation sites excluding steroid dienone is 4. The molecule has 0 rings (SSSR count). The Morgan fingerprint density at radius 2 is 0.600 bits per heavy atom. The zero-order valence-corrected chi connectivity index (χ0v) is 14.8. The van der Waals surface area contributed by atoms with Crippen molar-refractivity contribution in [2.45, 2.75) is 105 Å². The zero-order valence-electron chi connectivity index (χ0n) is 14.8. The van der Waals surface area contributed by atoms with Gasteiger partial charge in [0.05, 0.1) is 0 Å². The zero-order chi connectivity index (χ0) is 15.3. The second-order valence-electron chi connectivity index (χ2n) is 5.51. The average molecular weight is 281 g/mol. The molecule has 20 heavy (non-hydrogen) atoms. The molecule has 0 radical (unpaired) electrons. The van der Waals surface area contributed by atoms with E-state index in [-0.39, 0.29) is 0 Å². The van der Waals surface area contributed by atoms with E-state index in [2.05, 4.69) is 52.0 Å². The number of unbranched alkanes of at least 4 members (excludes halogenated alkanes) is 8. The molecule has 0 N–H and O–H groups in total. The van der Waals surface area contributed by atoms with E-state index in [0.29, 0.717) is 0 Å². The SMILES string of the molecule is CCCCC=CCCCC.CCCCC=CCCCC. The molecule has 0 saturated carbocycles. The highest BCUT2D eigenvalue weighted by molar-refractivity contribution is 4.81. The van der Waals surface area contributed by atoms with Crippen molar-refractivity contribution in [3.05, 3.63) is 24.3 Å². The predicted molar refractivity (Wildman–Crippen MR) is 96.4 cm³/mol. The molecule has 0 unspecified atom stereocenters. The molecule has 0 aliphatic heterocycles. The van der Waals surface area contributed by atoms with Crippen LogP contribution in [-0.4, -0.2) is 0 Å². The normalized spacial score (nSPS) is 11.0. The summed E-state index contributed by atoms with van der Waals surface area (Å²) < 4.78 is 0. The van der Waals surface area contributed by atoms with Crippen LogP contribution < -0.4 is 0 Å². The Kier molecular flexibility index (Phi) is 25.7. The van der Waals surface area contributed by atoms with Crippen LogP contribution in [-0.2, 0) is 0 Å². The molecule has 0 spiro atoms. The average Bonchev–Trinajstić information content (AvgIpc) is 2.47. The van der Waals surface area contributed by atoms with Crippen molar-refractivity contribution in [3.63, 3.8) is 0 Å². The van der Waals surface area contributed by atoms with Gasteiger partial charge >= 0.3 is 0 Å². The Morgan fingerprint density at radius 1 is 0.400 bits per heavy atom.